The largest absolute Gasteiger partial charge is 0.457 e. The third kappa shape index (κ3) is 4.43. The summed E-state index contributed by atoms with van der Waals surface area (Å²) < 4.78 is 6.01. The molecule has 1 atom stereocenters. The molecule has 1 amide bonds. The van der Waals surface area contributed by atoms with E-state index in [0.717, 1.165) is 40.9 Å². The minimum Gasteiger partial charge on any atom is -0.457 e. The average molecular weight is 393 g/mol. The molecular formula is C23H28N4O2. The van der Waals surface area contributed by atoms with Crippen LogP contribution in [0.3, 0.4) is 0 Å². The molecule has 2 aromatic heterocycles. The lowest BCUT2D eigenvalue weighted by Gasteiger charge is -2.33. The minimum absolute atomic E-state index is 0.0314. The number of H-pyrrole nitrogens is 1. The van der Waals surface area contributed by atoms with Gasteiger partial charge in [0, 0.05) is 25.5 Å². The van der Waals surface area contributed by atoms with Crippen molar-refractivity contribution in [2.45, 2.75) is 50.6 Å². The van der Waals surface area contributed by atoms with Crippen molar-refractivity contribution in [2.24, 2.45) is 5.73 Å². The number of aromatic nitrogens is 2. The molecule has 29 heavy (non-hydrogen) atoms. The Bertz CT molecular complexity index is 960. The Morgan fingerprint density at radius 1 is 1.21 bits per heavy atom. The average Bonchev–Trinajstić information content (AvgIpc) is 3.24. The fourth-order valence-corrected chi connectivity index (χ4v) is 4.10. The lowest BCUT2D eigenvalue weighted by atomic mass is 9.94. The molecule has 0 bridgehead atoms. The summed E-state index contributed by atoms with van der Waals surface area (Å²) in [5.41, 5.74) is 8.06. The van der Waals surface area contributed by atoms with Gasteiger partial charge in [-0.1, -0.05) is 31.4 Å². The molecule has 0 spiro atoms. The third-order valence-electron chi connectivity index (χ3n) is 5.81. The quantitative estimate of drug-likeness (QED) is 0.664. The number of fused-ring (bicyclic) bond motifs is 1. The van der Waals surface area contributed by atoms with E-state index in [4.69, 9.17) is 10.5 Å². The smallest absolute Gasteiger partial charge is 0.239 e. The number of likely N-dealkylation sites (N-methyl/N-ethyl adjacent to an activating group) is 1. The number of amides is 1. The topological polar surface area (TPSA) is 84.2 Å². The SMILES string of the molecule is CN(C(=O)C(N)Cc1ccc(Oc2ccnc3[nH]ccc23)cc1)C1CCCCC1. The van der Waals surface area contributed by atoms with Crippen LogP contribution >= 0.6 is 0 Å². The highest BCUT2D eigenvalue weighted by Crippen LogP contribution is 2.28. The van der Waals surface area contributed by atoms with Gasteiger partial charge >= 0.3 is 0 Å². The summed E-state index contributed by atoms with van der Waals surface area (Å²) in [5.74, 6) is 1.52. The maximum absolute atomic E-state index is 12.7. The number of nitrogens with two attached hydrogens (primary N) is 1. The van der Waals surface area contributed by atoms with Gasteiger partial charge in [-0.05, 0) is 49.1 Å². The molecule has 6 nitrogen and oxygen atoms in total. The summed E-state index contributed by atoms with van der Waals surface area (Å²) in [6, 6.07) is 11.4. The second-order valence-electron chi connectivity index (χ2n) is 7.85. The van der Waals surface area contributed by atoms with Gasteiger partial charge in [-0.15, -0.1) is 0 Å². The summed E-state index contributed by atoms with van der Waals surface area (Å²) in [6.45, 7) is 0. The lowest BCUT2D eigenvalue weighted by Crippen LogP contribution is -2.48. The Morgan fingerprint density at radius 2 is 1.97 bits per heavy atom. The van der Waals surface area contributed by atoms with Crippen LogP contribution in [0, 0.1) is 0 Å². The number of ether oxygens (including phenoxy) is 1. The number of pyridine rings is 1. The number of hydrogen-bond acceptors (Lipinski definition) is 4. The molecular weight excluding hydrogens is 364 g/mol. The molecule has 3 aromatic rings. The highest BCUT2D eigenvalue weighted by atomic mass is 16.5. The van der Waals surface area contributed by atoms with Crippen LogP contribution in [0.25, 0.3) is 11.0 Å². The van der Waals surface area contributed by atoms with E-state index >= 15 is 0 Å². The summed E-state index contributed by atoms with van der Waals surface area (Å²) in [5, 5.41) is 0.940. The standard InChI is InChI=1S/C23H28N4O2/c1-27(17-5-3-2-4-6-17)23(28)20(24)15-16-7-9-18(10-8-16)29-21-12-14-26-22-19(21)11-13-25-22/h7-14,17,20H,2-6,15,24H2,1H3,(H,25,26). The van der Waals surface area contributed by atoms with E-state index in [1.165, 1.54) is 19.3 Å². The van der Waals surface area contributed by atoms with Crippen molar-refractivity contribution in [2.75, 3.05) is 7.05 Å². The van der Waals surface area contributed by atoms with E-state index in [-0.39, 0.29) is 5.91 Å². The molecule has 152 valence electrons. The summed E-state index contributed by atoms with van der Waals surface area (Å²) in [7, 11) is 1.89. The van der Waals surface area contributed by atoms with Crippen LogP contribution in [0.4, 0.5) is 0 Å². The van der Waals surface area contributed by atoms with Gasteiger partial charge in [0.15, 0.2) is 0 Å². The molecule has 1 aliphatic carbocycles. The normalized spacial score (nSPS) is 15.9. The molecule has 0 aliphatic heterocycles. The summed E-state index contributed by atoms with van der Waals surface area (Å²) >= 11 is 0. The van der Waals surface area contributed by atoms with Crippen molar-refractivity contribution in [3.05, 3.63) is 54.4 Å². The van der Waals surface area contributed by atoms with E-state index < -0.39 is 6.04 Å². The number of nitrogens with zero attached hydrogens (tertiary/aromatic N) is 2. The highest BCUT2D eigenvalue weighted by molar-refractivity contribution is 5.83. The number of nitrogens with one attached hydrogen (secondary N) is 1. The fraction of sp³-hybridized carbons (Fsp3) is 0.391. The number of rotatable bonds is 6. The number of carbonyl (C=O) groups is 1. The molecule has 1 saturated carbocycles. The molecule has 6 heteroatoms. The summed E-state index contributed by atoms with van der Waals surface area (Å²) in [6.07, 6.45) is 9.93. The van der Waals surface area contributed by atoms with Gasteiger partial charge in [0.2, 0.25) is 5.91 Å². The fourth-order valence-electron chi connectivity index (χ4n) is 4.10. The monoisotopic (exact) mass is 392 g/mol. The van der Waals surface area contributed by atoms with Crippen molar-refractivity contribution >= 4 is 16.9 Å². The van der Waals surface area contributed by atoms with Gasteiger partial charge in [-0.2, -0.15) is 0 Å². The van der Waals surface area contributed by atoms with E-state index in [0.29, 0.717) is 12.5 Å². The zero-order valence-electron chi connectivity index (χ0n) is 16.8. The Balaban J connectivity index is 1.37. The van der Waals surface area contributed by atoms with Crippen LogP contribution in [-0.2, 0) is 11.2 Å². The van der Waals surface area contributed by atoms with Crippen molar-refractivity contribution in [1.82, 2.24) is 14.9 Å². The molecule has 3 N–H and O–H groups in total. The maximum Gasteiger partial charge on any atom is 0.239 e. The van der Waals surface area contributed by atoms with Gasteiger partial charge < -0.3 is 20.4 Å². The van der Waals surface area contributed by atoms with Crippen molar-refractivity contribution in [3.63, 3.8) is 0 Å². The van der Waals surface area contributed by atoms with Crippen molar-refractivity contribution in [3.8, 4) is 11.5 Å². The van der Waals surface area contributed by atoms with Crippen LogP contribution in [0.2, 0.25) is 0 Å². The Kier molecular flexibility index (Phi) is 5.81. The van der Waals surface area contributed by atoms with Gasteiger partial charge in [-0.25, -0.2) is 4.98 Å². The second kappa shape index (κ2) is 8.66. The molecule has 0 radical (unpaired) electrons. The Morgan fingerprint density at radius 3 is 2.72 bits per heavy atom. The molecule has 1 aromatic carbocycles. The van der Waals surface area contributed by atoms with Crippen molar-refractivity contribution < 1.29 is 9.53 Å². The van der Waals surface area contributed by atoms with Crippen LogP contribution < -0.4 is 10.5 Å². The Labute approximate surface area is 171 Å². The van der Waals surface area contributed by atoms with E-state index in [1.54, 1.807) is 6.20 Å². The van der Waals surface area contributed by atoms with Gasteiger partial charge in [0.25, 0.3) is 0 Å². The van der Waals surface area contributed by atoms with Crippen LogP contribution in [0.1, 0.15) is 37.7 Å². The van der Waals surface area contributed by atoms with Crippen LogP contribution in [0.15, 0.2) is 48.8 Å². The molecule has 2 heterocycles. The number of carbonyl (C=O) groups excluding carboxylic acids is 1. The predicted molar refractivity (Wildman–Crippen MR) is 114 cm³/mol. The van der Waals surface area contributed by atoms with Gasteiger partial charge in [0.05, 0.1) is 11.4 Å². The van der Waals surface area contributed by atoms with Gasteiger partial charge in [-0.3, -0.25) is 4.79 Å². The first-order valence-corrected chi connectivity index (χ1v) is 10.3. The molecule has 0 saturated heterocycles. The zero-order chi connectivity index (χ0) is 20.2. The third-order valence-corrected chi connectivity index (χ3v) is 5.81. The van der Waals surface area contributed by atoms with E-state index in [9.17, 15) is 4.79 Å². The van der Waals surface area contributed by atoms with Crippen LogP contribution in [-0.4, -0.2) is 39.9 Å². The number of benzene rings is 1. The van der Waals surface area contributed by atoms with Crippen LogP contribution in [0.5, 0.6) is 11.5 Å². The molecule has 1 aliphatic rings. The van der Waals surface area contributed by atoms with E-state index in [1.807, 2.05) is 54.5 Å². The summed E-state index contributed by atoms with van der Waals surface area (Å²) in [4.78, 5) is 21.9. The van der Waals surface area contributed by atoms with E-state index in [2.05, 4.69) is 9.97 Å². The first-order valence-electron chi connectivity index (χ1n) is 10.3. The lowest BCUT2D eigenvalue weighted by molar-refractivity contribution is -0.133. The van der Waals surface area contributed by atoms with Gasteiger partial charge in [0.1, 0.15) is 17.1 Å². The zero-order valence-corrected chi connectivity index (χ0v) is 16.8. The number of hydrogen-bond donors (Lipinski definition) is 2. The Hall–Kier alpha value is -2.86. The maximum atomic E-state index is 12.7. The number of aromatic amines is 1. The second-order valence-corrected chi connectivity index (χ2v) is 7.85. The predicted octanol–water partition coefficient (Wildman–Crippen LogP) is 4.02. The van der Waals surface area contributed by atoms with Crippen molar-refractivity contribution in [1.29, 1.82) is 0 Å². The first kappa shape index (κ1) is 19.5. The minimum atomic E-state index is -0.520. The first-order chi connectivity index (χ1) is 14.1. The molecule has 1 unspecified atom stereocenters. The molecule has 1 fully saturated rings. The molecule has 4 rings (SSSR count). The highest BCUT2D eigenvalue weighted by Gasteiger charge is 2.26.